The second kappa shape index (κ2) is 6.41. The molecule has 3 rings (SSSR count). The predicted octanol–water partition coefficient (Wildman–Crippen LogP) is 3.56. The van der Waals surface area contributed by atoms with E-state index in [0.717, 1.165) is 17.9 Å². The molecule has 5 heteroatoms. The zero-order valence-electron chi connectivity index (χ0n) is 11.3. The van der Waals surface area contributed by atoms with Gasteiger partial charge in [0.25, 0.3) is 0 Å². The van der Waals surface area contributed by atoms with Gasteiger partial charge in [-0.25, -0.2) is 9.97 Å². The molecule has 0 aliphatic heterocycles. The molecule has 0 fully saturated rings. The average molecular weight is 300 g/mol. The summed E-state index contributed by atoms with van der Waals surface area (Å²) in [5.74, 6) is 0.797. The van der Waals surface area contributed by atoms with Crippen LogP contribution in [0.25, 0.3) is 0 Å². The highest BCUT2D eigenvalue weighted by atomic mass is 35.5. The maximum Gasteiger partial charge on any atom is 0.139 e. The summed E-state index contributed by atoms with van der Waals surface area (Å²) >= 11 is 5.97. The van der Waals surface area contributed by atoms with Gasteiger partial charge in [-0.3, -0.25) is 0 Å². The SMILES string of the molecule is Clc1ncncc1COc1ccn(Cc2ccccc2)c1. The second-order valence-corrected chi connectivity index (χ2v) is 4.99. The van der Waals surface area contributed by atoms with Crippen LogP contribution in [0.4, 0.5) is 0 Å². The lowest BCUT2D eigenvalue weighted by atomic mass is 10.2. The fourth-order valence-corrected chi connectivity index (χ4v) is 2.15. The van der Waals surface area contributed by atoms with Crippen LogP contribution in [-0.2, 0) is 13.2 Å². The minimum Gasteiger partial charge on any atom is -0.487 e. The summed E-state index contributed by atoms with van der Waals surface area (Å²) in [6.07, 6.45) is 7.04. The molecule has 1 aromatic carbocycles. The van der Waals surface area contributed by atoms with Crippen LogP contribution in [0.1, 0.15) is 11.1 Å². The molecule has 4 nitrogen and oxygen atoms in total. The Kier molecular flexibility index (Phi) is 4.17. The quantitative estimate of drug-likeness (QED) is 0.676. The van der Waals surface area contributed by atoms with Crippen LogP contribution >= 0.6 is 11.6 Å². The summed E-state index contributed by atoms with van der Waals surface area (Å²) in [5, 5.41) is 0.425. The van der Waals surface area contributed by atoms with E-state index in [2.05, 4.69) is 26.7 Å². The first kappa shape index (κ1) is 13.6. The molecular weight excluding hydrogens is 286 g/mol. The number of aromatic nitrogens is 3. The van der Waals surface area contributed by atoms with Gasteiger partial charge < -0.3 is 9.30 Å². The van der Waals surface area contributed by atoms with Crippen LogP contribution in [0, 0.1) is 0 Å². The molecule has 2 heterocycles. The molecule has 21 heavy (non-hydrogen) atoms. The van der Waals surface area contributed by atoms with Gasteiger partial charge in [0, 0.05) is 30.7 Å². The molecule has 0 aliphatic carbocycles. The Morgan fingerprint density at radius 2 is 2.00 bits per heavy atom. The van der Waals surface area contributed by atoms with Gasteiger partial charge in [0.2, 0.25) is 0 Å². The van der Waals surface area contributed by atoms with Crippen LogP contribution in [-0.4, -0.2) is 14.5 Å². The number of hydrogen-bond donors (Lipinski definition) is 0. The topological polar surface area (TPSA) is 39.9 Å². The van der Waals surface area contributed by atoms with E-state index in [4.69, 9.17) is 16.3 Å². The molecule has 0 amide bonds. The maximum atomic E-state index is 5.97. The molecule has 106 valence electrons. The van der Waals surface area contributed by atoms with Crippen molar-refractivity contribution in [2.75, 3.05) is 0 Å². The lowest BCUT2D eigenvalue weighted by Gasteiger charge is -2.05. The summed E-state index contributed by atoms with van der Waals surface area (Å²) in [4.78, 5) is 7.86. The Balaban J connectivity index is 1.62. The third-order valence-electron chi connectivity index (χ3n) is 3.06. The van der Waals surface area contributed by atoms with Gasteiger partial charge in [-0.1, -0.05) is 41.9 Å². The van der Waals surface area contributed by atoms with Crippen LogP contribution < -0.4 is 4.74 Å². The number of ether oxygens (including phenoxy) is 1. The Labute approximate surface area is 128 Å². The summed E-state index contributed by atoms with van der Waals surface area (Å²) in [6, 6.07) is 12.2. The molecule has 0 bridgehead atoms. The van der Waals surface area contributed by atoms with Gasteiger partial charge in [0.15, 0.2) is 0 Å². The first-order valence-electron chi connectivity index (χ1n) is 6.58. The zero-order chi connectivity index (χ0) is 14.5. The van der Waals surface area contributed by atoms with Crippen molar-refractivity contribution in [3.05, 3.63) is 77.6 Å². The summed E-state index contributed by atoms with van der Waals surface area (Å²) in [5.41, 5.74) is 2.02. The second-order valence-electron chi connectivity index (χ2n) is 4.63. The highest BCUT2D eigenvalue weighted by Crippen LogP contribution is 2.17. The van der Waals surface area contributed by atoms with Crippen LogP contribution in [0.15, 0.2) is 61.3 Å². The maximum absolute atomic E-state index is 5.97. The molecule has 0 saturated heterocycles. The third-order valence-corrected chi connectivity index (χ3v) is 3.40. The lowest BCUT2D eigenvalue weighted by Crippen LogP contribution is -1.98. The summed E-state index contributed by atoms with van der Waals surface area (Å²) in [6.45, 7) is 1.18. The minimum atomic E-state index is 0.356. The summed E-state index contributed by atoms with van der Waals surface area (Å²) < 4.78 is 7.78. The third kappa shape index (κ3) is 3.61. The van der Waals surface area contributed by atoms with Gasteiger partial charge in [0.05, 0.1) is 0 Å². The van der Waals surface area contributed by atoms with Crippen LogP contribution in [0.5, 0.6) is 5.75 Å². The first-order valence-corrected chi connectivity index (χ1v) is 6.96. The number of halogens is 1. The molecule has 0 N–H and O–H groups in total. The standard InChI is InChI=1S/C16H14ClN3O/c17-16-14(8-18-12-19-16)11-21-15-6-7-20(10-15)9-13-4-2-1-3-5-13/h1-8,10,12H,9,11H2. The van der Waals surface area contributed by atoms with Gasteiger partial charge in [-0.05, 0) is 11.6 Å². The van der Waals surface area contributed by atoms with Gasteiger partial charge >= 0.3 is 0 Å². The number of benzene rings is 1. The van der Waals surface area contributed by atoms with Crippen LogP contribution in [0.3, 0.4) is 0 Å². The molecule has 0 saturated carbocycles. The normalized spacial score (nSPS) is 10.5. The first-order chi connectivity index (χ1) is 10.3. The van der Waals surface area contributed by atoms with Crippen molar-refractivity contribution in [2.24, 2.45) is 0 Å². The number of rotatable bonds is 5. The number of nitrogens with zero attached hydrogens (tertiary/aromatic N) is 3. The van der Waals surface area contributed by atoms with Crippen molar-refractivity contribution in [3.63, 3.8) is 0 Å². The Morgan fingerprint density at radius 1 is 1.14 bits per heavy atom. The Morgan fingerprint density at radius 3 is 2.81 bits per heavy atom. The average Bonchev–Trinajstić information content (AvgIpc) is 2.95. The molecular formula is C16H14ClN3O. The van der Waals surface area contributed by atoms with E-state index in [1.807, 2.05) is 36.7 Å². The van der Waals surface area contributed by atoms with E-state index in [1.165, 1.54) is 11.9 Å². The van der Waals surface area contributed by atoms with Crippen LogP contribution in [0.2, 0.25) is 5.15 Å². The molecule has 0 atom stereocenters. The molecule has 2 aromatic heterocycles. The fourth-order valence-electron chi connectivity index (χ4n) is 2.00. The fraction of sp³-hybridized carbons (Fsp3) is 0.125. The monoisotopic (exact) mass is 299 g/mol. The highest BCUT2D eigenvalue weighted by Gasteiger charge is 2.04. The van der Waals surface area contributed by atoms with Gasteiger partial charge in [0.1, 0.15) is 23.8 Å². The van der Waals surface area contributed by atoms with Gasteiger partial charge in [-0.15, -0.1) is 0 Å². The van der Waals surface area contributed by atoms with E-state index >= 15 is 0 Å². The van der Waals surface area contributed by atoms with Crippen molar-refractivity contribution in [1.82, 2.24) is 14.5 Å². The molecule has 0 aliphatic rings. The van der Waals surface area contributed by atoms with Crippen molar-refractivity contribution in [1.29, 1.82) is 0 Å². The molecule has 0 unspecified atom stereocenters. The Bertz CT molecular complexity index is 712. The summed E-state index contributed by atoms with van der Waals surface area (Å²) in [7, 11) is 0. The van der Waals surface area contributed by atoms with Crippen molar-refractivity contribution >= 4 is 11.6 Å². The van der Waals surface area contributed by atoms with Gasteiger partial charge in [-0.2, -0.15) is 0 Å². The molecule has 0 spiro atoms. The molecule has 0 radical (unpaired) electrons. The number of hydrogen-bond acceptors (Lipinski definition) is 3. The lowest BCUT2D eigenvalue weighted by molar-refractivity contribution is 0.305. The highest BCUT2D eigenvalue weighted by molar-refractivity contribution is 6.30. The Hall–Kier alpha value is -2.33. The zero-order valence-corrected chi connectivity index (χ0v) is 12.1. The van der Waals surface area contributed by atoms with Crippen molar-refractivity contribution in [2.45, 2.75) is 13.2 Å². The van der Waals surface area contributed by atoms with E-state index in [9.17, 15) is 0 Å². The largest absolute Gasteiger partial charge is 0.487 e. The van der Waals surface area contributed by atoms with E-state index < -0.39 is 0 Å². The predicted molar refractivity (Wildman–Crippen MR) is 81.4 cm³/mol. The molecule has 3 aromatic rings. The smallest absolute Gasteiger partial charge is 0.139 e. The minimum absolute atomic E-state index is 0.356. The van der Waals surface area contributed by atoms with E-state index in [1.54, 1.807) is 6.20 Å². The van der Waals surface area contributed by atoms with Crippen molar-refractivity contribution < 1.29 is 4.74 Å². The van der Waals surface area contributed by atoms with E-state index in [-0.39, 0.29) is 0 Å². The van der Waals surface area contributed by atoms with E-state index in [0.29, 0.717) is 11.8 Å². The van der Waals surface area contributed by atoms with Crippen molar-refractivity contribution in [3.8, 4) is 5.75 Å².